The maximum atomic E-state index is 11.9. The van der Waals surface area contributed by atoms with E-state index < -0.39 is 0 Å². The van der Waals surface area contributed by atoms with Gasteiger partial charge in [0.2, 0.25) is 0 Å². The van der Waals surface area contributed by atoms with E-state index in [1.165, 1.54) is 11.3 Å². The Hall–Kier alpha value is -0.710. The van der Waals surface area contributed by atoms with Gasteiger partial charge in [-0.25, -0.2) is 0 Å². The van der Waals surface area contributed by atoms with E-state index in [0.29, 0.717) is 17.0 Å². The number of benzene rings is 1. The molecule has 0 aliphatic carbocycles. The van der Waals surface area contributed by atoms with Gasteiger partial charge in [0.25, 0.3) is 0 Å². The van der Waals surface area contributed by atoms with Crippen LogP contribution in [-0.4, -0.2) is 10.8 Å². The van der Waals surface area contributed by atoms with Crippen LogP contribution >= 0.6 is 38.9 Å². The summed E-state index contributed by atoms with van der Waals surface area (Å²) in [5.74, 6) is 0.0709. The van der Waals surface area contributed by atoms with E-state index in [4.69, 9.17) is 11.6 Å². The van der Waals surface area contributed by atoms with Gasteiger partial charge in [0.1, 0.15) is 0 Å². The van der Waals surface area contributed by atoms with Crippen molar-refractivity contribution in [2.24, 2.45) is 0 Å². The third-order valence-corrected chi connectivity index (χ3v) is 4.05. The molecule has 82 valence electrons. The maximum Gasteiger partial charge on any atom is 0.168 e. The van der Waals surface area contributed by atoms with Gasteiger partial charge < -0.3 is 0 Å². The molecule has 5 heteroatoms. The average molecular weight is 317 g/mol. The van der Waals surface area contributed by atoms with Gasteiger partial charge in [0.15, 0.2) is 5.78 Å². The molecule has 0 unspecified atom stereocenters. The maximum absolute atomic E-state index is 11.9. The summed E-state index contributed by atoms with van der Waals surface area (Å²) < 4.78 is 0.740. The molecule has 2 rings (SSSR count). The predicted octanol–water partition coefficient (Wildman–Crippen LogP) is 3.98. The highest BCUT2D eigenvalue weighted by Gasteiger charge is 2.09. The van der Waals surface area contributed by atoms with Gasteiger partial charge in [0, 0.05) is 27.5 Å². The number of carbonyl (C=O) groups is 1. The zero-order valence-corrected chi connectivity index (χ0v) is 11.3. The van der Waals surface area contributed by atoms with Gasteiger partial charge in [-0.2, -0.15) is 0 Å². The molecule has 0 spiro atoms. The largest absolute Gasteiger partial charge is 0.294 e. The van der Waals surface area contributed by atoms with Crippen molar-refractivity contribution in [3.05, 3.63) is 49.8 Å². The zero-order chi connectivity index (χ0) is 11.5. The Labute approximate surface area is 110 Å². The molecule has 0 N–H and O–H groups in total. The summed E-state index contributed by atoms with van der Waals surface area (Å²) in [5.41, 5.74) is 2.38. The summed E-state index contributed by atoms with van der Waals surface area (Å²) in [6, 6.07) is 5.19. The second kappa shape index (κ2) is 5.08. The highest BCUT2D eigenvalue weighted by Crippen LogP contribution is 2.24. The van der Waals surface area contributed by atoms with Crippen LogP contribution in [-0.2, 0) is 6.42 Å². The minimum atomic E-state index is 0.0709. The lowest BCUT2D eigenvalue weighted by atomic mass is 10.1. The fourth-order valence-electron chi connectivity index (χ4n) is 1.26. The lowest BCUT2D eigenvalue weighted by molar-refractivity contribution is 0.0993. The molecule has 0 atom stereocenters. The summed E-state index contributed by atoms with van der Waals surface area (Å²) in [7, 11) is 0. The first kappa shape index (κ1) is 11.8. The molecule has 0 aliphatic heterocycles. The second-order valence-electron chi connectivity index (χ2n) is 3.20. The monoisotopic (exact) mass is 315 g/mol. The molecule has 0 aliphatic rings. The molecule has 0 radical (unpaired) electrons. The normalized spacial score (nSPS) is 10.4. The Balaban J connectivity index is 2.18. The van der Waals surface area contributed by atoms with Gasteiger partial charge in [0.05, 0.1) is 10.5 Å². The molecule has 16 heavy (non-hydrogen) atoms. The second-order valence-corrected chi connectivity index (χ2v) is 5.43. The van der Waals surface area contributed by atoms with E-state index >= 15 is 0 Å². The van der Waals surface area contributed by atoms with Crippen LogP contribution in [0.1, 0.15) is 15.2 Å². The quantitative estimate of drug-likeness (QED) is 0.802. The molecule has 0 saturated carbocycles. The predicted molar refractivity (Wildman–Crippen MR) is 69.3 cm³/mol. The molecule has 0 amide bonds. The lowest BCUT2D eigenvalue weighted by Crippen LogP contribution is -2.02. The van der Waals surface area contributed by atoms with E-state index in [1.807, 2.05) is 0 Å². The summed E-state index contributed by atoms with van der Waals surface area (Å²) in [5, 5.41) is 0.606. The van der Waals surface area contributed by atoms with E-state index in [2.05, 4.69) is 20.9 Å². The molecular formula is C11H7BrClNOS. The van der Waals surface area contributed by atoms with Crippen molar-refractivity contribution < 1.29 is 4.79 Å². The molecule has 1 aromatic heterocycles. The van der Waals surface area contributed by atoms with Crippen LogP contribution in [0.2, 0.25) is 5.02 Å². The smallest absolute Gasteiger partial charge is 0.168 e. The van der Waals surface area contributed by atoms with Crippen LogP contribution in [0.4, 0.5) is 0 Å². The fraction of sp³-hybridized carbons (Fsp3) is 0.0909. The highest BCUT2D eigenvalue weighted by molar-refractivity contribution is 9.10. The zero-order valence-electron chi connectivity index (χ0n) is 8.11. The summed E-state index contributed by atoms with van der Waals surface area (Å²) >= 11 is 10.6. The minimum absolute atomic E-state index is 0.0709. The average Bonchev–Trinajstić information content (AvgIpc) is 2.74. The molecule has 0 bridgehead atoms. The Kier molecular flexibility index (Phi) is 3.74. The van der Waals surface area contributed by atoms with E-state index in [-0.39, 0.29) is 5.78 Å². The molecule has 2 nitrogen and oxygen atoms in total. The first-order chi connectivity index (χ1) is 7.66. The number of aromatic nitrogens is 1. The first-order valence-corrected chi connectivity index (χ1v) is 6.57. The van der Waals surface area contributed by atoms with Crippen molar-refractivity contribution in [2.75, 3.05) is 0 Å². The number of Topliss-reactive ketones (excluding diaryl/α,β-unsaturated/α-hetero) is 1. The van der Waals surface area contributed by atoms with Crippen molar-refractivity contribution in [3.63, 3.8) is 0 Å². The van der Waals surface area contributed by atoms with Crippen LogP contribution in [0.25, 0.3) is 0 Å². The van der Waals surface area contributed by atoms with Crippen LogP contribution in [0.3, 0.4) is 0 Å². The third-order valence-electron chi connectivity index (χ3n) is 2.06. The number of halogens is 2. The van der Waals surface area contributed by atoms with Gasteiger partial charge >= 0.3 is 0 Å². The van der Waals surface area contributed by atoms with Gasteiger partial charge in [-0.1, -0.05) is 11.6 Å². The molecule has 0 saturated heterocycles. The summed E-state index contributed by atoms with van der Waals surface area (Å²) in [6.45, 7) is 0. The first-order valence-electron chi connectivity index (χ1n) is 4.52. The Morgan fingerprint density at radius 3 is 2.94 bits per heavy atom. The molecule has 2 aromatic rings. The van der Waals surface area contributed by atoms with E-state index in [9.17, 15) is 4.79 Å². The van der Waals surface area contributed by atoms with E-state index in [1.54, 1.807) is 29.9 Å². The molecule has 1 heterocycles. The number of hydrogen-bond donors (Lipinski definition) is 0. The number of nitrogens with zero attached hydrogens (tertiary/aromatic N) is 1. The third kappa shape index (κ3) is 2.70. The lowest BCUT2D eigenvalue weighted by Gasteiger charge is -2.01. The van der Waals surface area contributed by atoms with Crippen molar-refractivity contribution in [3.8, 4) is 0 Å². The van der Waals surface area contributed by atoms with Crippen molar-refractivity contribution in [1.82, 2.24) is 4.98 Å². The molecule has 0 fully saturated rings. The summed E-state index contributed by atoms with van der Waals surface area (Å²) in [4.78, 5) is 16.8. The Morgan fingerprint density at radius 1 is 1.50 bits per heavy atom. The van der Waals surface area contributed by atoms with Gasteiger partial charge in [-0.15, -0.1) is 11.3 Å². The number of ketones is 1. The number of thiazole rings is 1. The standard InChI is InChI=1S/C11H7BrClNOS/c12-9-3-7(1-2-10(9)13)11(15)4-8-5-14-6-16-8/h1-3,5-6H,4H2. The topological polar surface area (TPSA) is 30.0 Å². The van der Waals surface area contributed by atoms with Crippen LogP contribution in [0, 0.1) is 0 Å². The van der Waals surface area contributed by atoms with Gasteiger partial charge in [-0.05, 0) is 34.1 Å². The Bertz CT molecular complexity index is 513. The summed E-state index contributed by atoms with van der Waals surface area (Å²) in [6.07, 6.45) is 2.10. The molecular weight excluding hydrogens is 310 g/mol. The fourth-order valence-corrected chi connectivity index (χ4v) is 2.35. The number of carbonyl (C=O) groups excluding carboxylic acids is 1. The van der Waals surface area contributed by atoms with Crippen LogP contribution in [0.5, 0.6) is 0 Å². The van der Waals surface area contributed by atoms with Crippen molar-refractivity contribution in [2.45, 2.75) is 6.42 Å². The Morgan fingerprint density at radius 2 is 2.31 bits per heavy atom. The van der Waals surface area contributed by atoms with E-state index in [0.717, 1.165) is 9.35 Å². The highest BCUT2D eigenvalue weighted by atomic mass is 79.9. The van der Waals surface area contributed by atoms with Crippen molar-refractivity contribution >= 4 is 44.7 Å². The van der Waals surface area contributed by atoms with Gasteiger partial charge in [-0.3, -0.25) is 9.78 Å². The van der Waals surface area contributed by atoms with Crippen molar-refractivity contribution in [1.29, 1.82) is 0 Å². The molecule has 1 aromatic carbocycles. The van der Waals surface area contributed by atoms with Crippen LogP contribution < -0.4 is 0 Å². The van der Waals surface area contributed by atoms with Crippen LogP contribution in [0.15, 0.2) is 34.4 Å². The number of rotatable bonds is 3. The SMILES string of the molecule is O=C(Cc1cncs1)c1ccc(Cl)c(Br)c1. The minimum Gasteiger partial charge on any atom is -0.294 e. The number of hydrogen-bond acceptors (Lipinski definition) is 3.